The predicted octanol–water partition coefficient (Wildman–Crippen LogP) is 3.85. The summed E-state index contributed by atoms with van der Waals surface area (Å²) in [6.45, 7) is 11.0. The smallest absolute Gasteiger partial charge is 0.256 e. The van der Waals surface area contributed by atoms with Gasteiger partial charge in [-0.05, 0) is 55.9 Å². The van der Waals surface area contributed by atoms with Crippen LogP contribution in [-0.4, -0.2) is 60.3 Å². The molecule has 3 aromatic rings. The maximum Gasteiger partial charge on any atom is 0.256 e. The molecule has 9 heteroatoms. The Morgan fingerprint density at radius 3 is 2.38 bits per heavy atom. The number of pyridine rings is 1. The van der Waals surface area contributed by atoms with E-state index >= 15 is 0 Å². The zero-order chi connectivity index (χ0) is 28.3. The second-order valence-corrected chi connectivity index (χ2v) is 13.2. The molecule has 1 fully saturated rings. The molecule has 0 spiro atoms. The van der Waals surface area contributed by atoms with Crippen LogP contribution in [-0.2, 0) is 23.6 Å². The molecule has 0 radical (unpaired) electrons. The number of carbonyl (C=O) groups excluding carboxylic acids is 1. The number of sulfonamides is 1. The van der Waals surface area contributed by atoms with Crippen molar-refractivity contribution < 1.29 is 13.2 Å². The summed E-state index contributed by atoms with van der Waals surface area (Å²) in [5.74, 6) is 0.0748. The topological polar surface area (TPSA) is 91.7 Å². The maximum atomic E-state index is 13.5. The Labute approximate surface area is 231 Å². The van der Waals surface area contributed by atoms with Crippen LogP contribution >= 0.6 is 0 Å². The van der Waals surface area contributed by atoms with E-state index in [4.69, 9.17) is 0 Å². The molecule has 210 valence electrons. The van der Waals surface area contributed by atoms with Crippen molar-refractivity contribution in [1.29, 1.82) is 0 Å². The van der Waals surface area contributed by atoms with Crippen LogP contribution in [0.3, 0.4) is 0 Å². The lowest BCUT2D eigenvalue weighted by molar-refractivity contribution is 0.0942. The number of nitrogens with zero attached hydrogens (tertiary/aromatic N) is 3. The van der Waals surface area contributed by atoms with Crippen LogP contribution in [0.5, 0.6) is 0 Å². The number of aryl methyl sites for hydroxylation is 1. The zero-order valence-electron chi connectivity index (χ0n) is 23.6. The number of amides is 1. The summed E-state index contributed by atoms with van der Waals surface area (Å²) in [5, 5.41) is 3.11. The Morgan fingerprint density at radius 2 is 1.74 bits per heavy atom. The third-order valence-electron chi connectivity index (χ3n) is 7.52. The molecule has 4 rings (SSSR count). The van der Waals surface area contributed by atoms with E-state index in [1.807, 2.05) is 18.2 Å². The van der Waals surface area contributed by atoms with Gasteiger partial charge in [-0.15, -0.1) is 0 Å². The SMILES string of the molecule is CC(C)N(CCNC(=O)c1cn(C)c2ccc(S(=O)(=O)N3C[C@@H](C)C[C@H](C)C3)cc2c1=O)Cc1ccccc1. The number of aromatic nitrogens is 1. The predicted molar refractivity (Wildman–Crippen MR) is 155 cm³/mol. The molecule has 8 nitrogen and oxygen atoms in total. The van der Waals surface area contributed by atoms with Crippen LogP contribution in [0.25, 0.3) is 10.9 Å². The third-order valence-corrected chi connectivity index (χ3v) is 9.35. The molecule has 0 saturated carbocycles. The molecule has 0 unspecified atom stereocenters. The minimum Gasteiger partial charge on any atom is -0.351 e. The van der Waals surface area contributed by atoms with Crippen LogP contribution in [0, 0.1) is 11.8 Å². The van der Waals surface area contributed by atoms with Crippen molar-refractivity contribution in [1.82, 2.24) is 19.1 Å². The van der Waals surface area contributed by atoms with Crippen LogP contribution < -0.4 is 10.7 Å². The van der Waals surface area contributed by atoms with Crippen molar-refractivity contribution in [3.63, 3.8) is 0 Å². The number of rotatable bonds is 9. The standard InChI is InChI=1S/C30H40N4O4S/c1-21(2)33(19-24-9-7-6-8-10-24)14-13-31-30(36)27-20-32(5)28-12-11-25(16-26(28)29(27)35)39(37,38)34-17-22(3)15-23(4)18-34/h6-12,16,20-23H,13-15,17-19H2,1-5H3,(H,31,36)/t22-,23-/m0/s1. The fourth-order valence-corrected chi connectivity index (χ4v) is 7.20. The van der Waals surface area contributed by atoms with Gasteiger partial charge < -0.3 is 9.88 Å². The van der Waals surface area contributed by atoms with Crippen LogP contribution in [0.2, 0.25) is 0 Å². The van der Waals surface area contributed by atoms with Gasteiger partial charge in [0.1, 0.15) is 5.56 Å². The van der Waals surface area contributed by atoms with Gasteiger partial charge in [0.15, 0.2) is 0 Å². The average Bonchev–Trinajstić information content (AvgIpc) is 2.89. The molecule has 1 aromatic heterocycles. The van der Waals surface area contributed by atoms with Crippen molar-refractivity contribution in [3.05, 3.63) is 76.1 Å². The Bertz CT molecular complexity index is 1470. The van der Waals surface area contributed by atoms with Gasteiger partial charge in [-0.3, -0.25) is 14.5 Å². The Kier molecular flexibility index (Phi) is 8.93. The summed E-state index contributed by atoms with van der Waals surface area (Å²) in [5.41, 5.74) is 1.30. The van der Waals surface area contributed by atoms with E-state index in [1.54, 1.807) is 23.7 Å². The molecule has 1 amide bonds. The van der Waals surface area contributed by atoms with Gasteiger partial charge in [-0.25, -0.2) is 8.42 Å². The summed E-state index contributed by atoms with van der Waals surface area (Å²) < 4.78 is 30.1. The largest absolute Gasteiger partial charge is 0.351 e. The van der Waals surface area contributed by atoms with E-state index in [0.717, 1.165) is 13.0 Å². The fraction of sp³-hybridized carbons (Fsp3) is 0.467. The molecular formula is C30H40N4O4S. The highest BCUT2D eigenvalue weighted by atomic mass is 32.2. The number of hydrogen-bond donors (Lipinski definition) is 1. The van der Waals surface area contributed by atoms with Crippen molar-refractivity contribution in [3.8, 4) is 0 Å². The molecule has 2 atom stereocenters. The average molecular weight is 553 g/mol. The normalized spacial score (nSPS) is 18.6. The van der Waals surface area contributed by atoms with E-state index in [0.29, 0.717) is 31.7 Å². The number of nitrogens with one attached hydrogen (secondary N) is 1. The summed E-state index contributed by atoms with van der Waals surface area (Å²) in [7, 11) is -2.01. The van der Waals surface area contributed by atoms with Gasteiger partial charge in [0, 0.05) is 57.4 Å². The number of hydrogen-bond acceptors (Lipinski definition) is 5. The lowest BCUT2D eigenvalue weighted by Crippen LogP contribution is -2.42. The molecule has 0 bridgehead atoms. The Hall–Kier alpha value is -3.01. The van der Waals surface area contributed by atoms with Crippen molar-refractivity contribution in [2.45, 2.75) is 51.6 Å². The molecule has 0 aliphatic carbocycles. The first kappa shape index (κ1) is 29.0. The van der Waals surface area contributed by atoms with Gasteiger partial charge in [-0.1, -0.05) is 44.2 Å². The molecule has 1 saturated heterocycles. The number of carbonyl (C=O) groups is 1. The molecule has 39 heavy (non-hydrogen) atoms. The van der Waals surface area contributed by atoms with E-state index < -0.39 is 21.4 Å². The molecule has 2 aromatic carbocycles. The fourth-order valence-electron chi connectivity index (χ4n) is 5.49. The second kappa shape index (κ2) is 12.0. The quantitative estimate of drug-likeness (QED) is 0.436. The minimum absolute atomic E-state index is 0.000999. The lowest BCUT2D eigenvalue weighted by Gasteiger charge is -2.34. The highest BCUT2D eigenvalue weighted by molar-refractivity contribution is 7.89. The third kappa shape index (κ3) is 6.59. The van der Waals surface area contributed by atoms with Gasteiger partial charge in [0.05, 0.1) is 10.4 Å². The first-order chi connectivity index (χ1) is 18.5. The Morgan fingerprint density at radius 1 is 1.08 bits per heavy atom. The molecule has 1 N–H and O–H groups in total. The number of fused-ring (bicyclic) bond motifs is 1. The zero-order valence-corrected chi connectivity index (χ0v) is 24.4. The molecular weight excluding hydrogens is 512 g/mol. The van der Waals surface area contributed by atoms with Crippen molar-refractivity contribution >= 4 is 26.8 Å². The first-order valence-corrected chi connectivity index (χ1v) is 15.1. The maximum absolute atomic E-state index is 13.5. The van der Waals surface area contributed by atoms with Gasteiger partial charge in [0.25, 0.3) is 5.91 Å². The Balaban J connectivity index is 1.54. The monoisotopic (exact) mass is 552 g/mol. The summed E-state index contributed by atoms with van der Waals surface area (Å²) in [4.78, 5) is 28.9. The van der Waals surface area contributed by atoms with E-state index in [9.17, 15) is 18.0 Å². The van der Waals surface area contributed by atoms with E-state index in [-0.39, 0.29) is 33.7 Å². The summed E-state index contributed by atoms with van der Waals surface area (Å²) >= 11 is 0. The van der Waals surface area contributed by atoms with Gasteiger partial charge >= 0.3 is 0 Å². The highest BCUT2D eigenvalue weighted by Gasteiger charge is 2.32. The first-order valence-electron chi connectivity index (χ1n) is 13.7. The van der Waals surface area contributed by atoms with Crippen LogP contribution in [0.1, 0.15) is 50.0 Å². The van der Waals surface area contributed by atoms with Gasteiger partial charge in [-0.2, -0.15) is 4.31 Å². The number of benzene rings is 2. The lowest BCUT2D eigenvalue weighted by atomic mass is 9.94. The van der Waals surface area contributed by atoms with Crippen molar-refractivity contribution in [2.24, 2.45) is 18.9 Å². The molecule has 1 aliphatic heterocycles. The van der Waals surface area contributed by atoms with E-state index in [2.05, 4.69) is 50.0 Å². The number of piperidine rings is 1. The highest BCUT2D eigenvalue weighted by Crippen LogP contribution is 2.28. The molecule has 1 aliphatic rings. The second-order valence-electron chi connectivity index (χ2n) is 11.2. The van der Waals surface area contributed by atoms with Gasteiger partial charge in [0.2, 0.25) is 15.5 Å². The summed E-state index contributed by atoms with van der Waals surface area (Å²) in [6, 6.07) is 15.1. The molecule has 2 heterocycles. The van der Waals surface area contributed by atoms with Crippen molar-refractivity contribution in [2.75, 3.05) is 26.2 Å². The van der Waals surface area contributed by atoms with E-state index in [1.165, 1.54) is 22.1 Å². The van der Waals surface area contributed by atoms with Crippen LogP contribution in [0.4, 0.5) is 0 Å². The summed E-state index contributed by atoms with van der Waals surface area (Å²) in [6.07, 6.45) is 2.51. The van der Waals surface area contributed by atoms with Crippen LogP contribution in [0.15, 0.2) is 64.4 Å². The minimum atomic E-state index is -3.76.